The second-order valence-corrected chi connectivity index (χ2v) is 3.75. The zero-order valence-electron chi connectivity index (χ0n) is 6.99. The van der Waals surface area contributed by atoms with E-state index in [0.29, 0.717) is 4.88 Å². The third-order valence-corrected chi connectivity index (χ3v) is 2.36. The van der Waals surface area contributed by atoms with Crippen LogP contribution in [0.1, 0.15) is 14.5 Å². The van der Waals surface area contributed by atoms with Crippen molar-refractivity contribution in [3.63, 3.8) is 0 Å². The first-order valence-electron chi connectivity index (χ1n) is 3.64. The van der Waals surface area contributed by atoms with Crippen LogP contribution in [0, 0.1) is 6.92 Å². The zero-order chi connectivity index (χ0) is 9.84. The number of amides is 1. The zero-order valence-corrected chi connectivity index (χ0v) is 7.81. The number of aryl methyl sites for hydroxylation is 1. The van der Waals surface area contributed by atoms with Gasteiger partial charge in [0.25, 0.3) is 5.91 Å². The van der Waals surface area contributed by atoms with Crippen LogP contribution in [-0.4, -0.2) is 18.4 Å². The molecule has 1 heterocycles. The molecule has 0 unspecified atom stereocenters. The molecule has 13 heavy (non-hydrogen) atoms. The van der Waals surface area contributed by atoms with E-state index in [2.05, 4.69) is 5.32 Å². The van der Waals surface area contributed by atoms with Crippen LogP contribution in [0.2, 0.25) is 0 Å². The Hall–Kier alpha value is -1.36. The van der Waals surface area contributed by atoms with E-state index in [0.717, 1.165) is 4.88 Å². The lowest BCUT2D eigenvalue weighted by atomic mass is 10.4. The van der Waals surface area contributed by atoms with Gasteiger partial charge in [-0.2, -0.15) is 0 Å². The molecule has 1 aromatic heterocycles. The van der Waals surface area contributed by atoms with Crippen molar-refractivity contribution >= 4 is 23.2 Å². The topological polar surface area (TPSA) is 69.2 Å². The lowest BCUT2D eigenvalue weighted by Crippen LogP contribution is -2.37. The first-order valence-corrected chi connectivity index (χ1v) is 4.45. The number of carboxylic acids is 1. The Labute approximate surface area is 79.2 Å². The van der Waals surface area contributed by atoms with Crippen molar-refractivity contribution < 1.29 is 14.7 Å². The standard InChI is InChI=1S/C8H9NO3S/c1-5-2-3-6(13-5)8(12)9-4-7(10)11/h2-3H,4H2,1H3,(H,9,12)(H,10,11)/p-1. The number of carboxylic acid groups (broad SMARTS) is 1. The highest BCUT2D eigenvalue weighted by atomic mass is 32.1. The number of thiophene rings is 1. The number of rotatable bonds is 3. The van der Waals surface area contributed by atoms with Gasteiger partial charge in [-0.05, 0) is 19.1 Å². The molecule has 4 nitrogen and oxygen atoms in total. The molecule has 1 N–H and O–H groups in total. The van der Waals surface area contributed by atoms with Gasteiger partial charge in [-0.25, -0.2) is 0 Å². The summed E-state index contributed by atoms with van der Waals surface area (Å²) in [6, 6.07) is 3.46. The van der Waals surface area contributed by atoms with E-state index in [-0.39, 0.29) is 5.91 Å². The minimum Gasteiger partial charge on any atom is -0.548 e. The molecule has 0 spiro atoms. The smallest absolute Gasteiger partial charge is 0.261 e. The molecular formula is C8H8NO3S-. The fourth-order valence-corrected chi connectivity index (χ4v) is 1.58. The van der Waals surface area contributed by atoms with Gasteiger partial charge in [0.05, 0.1) is 17.4 Å². The highest BCUT2D eigenvalue weighted by Crippen LogP contribution is 2.14. The van der Waals surface area contributed by atoms with Gasteiger partial charge in [-0.1, -0.05) is 0 Å². The molecule has 0 radical (unpaired) electrons. The van der Waals surface area contributed by atoms with E-state index in [4.69, 9.17) is 0 Å². The van der Waals surface area contributed by atoms with Crippen LogP contribution in [-0.2, 0) is 4.79 Å². The average molecular weight is 198 g/mol. The summed E-state index contributed by atoms with van der Waals surface area (Å²) in [6.45, 7) is 1.43. The van der Waals surface area contributed by atoms with E-state index >= 15 is 0 Å². The first kappa shape index (κ1) is 9.73. The quantitative estimate of drug-likeness (QED) is 0.714. The first-order chi connectivity index (χ1) is 6.09. The predicted molar refractivity (Wildman–Crippen MR) is 46.4 cm³/mol. The van der Waals surface area contributed by atoms with Crippen LogP contribution in [0.5, 0.6) is 0 Å². The van der Waals surface area contributed by atoms with E-state index < -0.39 is 12.5 Å². The summed E-state index contributed by atoms with van der Waals surface area (Å²) in [5.74, 6) is -1.66. The SMILES string of the molecule is Cc1ccc(C(=O)NCC(=O)[O-])s1. The summed E-state index contributed by atoms with van der Waals surface area (Å²) in [7, 11) is 0. The number of hydrogen-bond acceptors (Lipinski definition) is 4. The van der Waals surface area contributed by atoms with Crippen LogP contribution in [0.15, 0.2) is 12.1 Å². The van der Waals surface area contributed by atoms with Crippen molar-refractivity contribution in [2.45, 2.75) is 6.92 Å². The fourth-order valence-electron chi connectivity index (χ4n) is 0.796. The molecule has 70 valence electrons. The molecule has 0 aliphatic heterocycles. The van der Waals surface area contributed by atoms with Crippen LogP contribution in [0.25, 0.3) is 0 Å². The van der Waals surface area contributed by atoms with Crippen molar-refractivity contribution in [2.75, 3.05) is 6.54 Å². The summed E-state index contributed by atoms with van der Waals surface area (Å²) in [5.41, 5.74) is 0. The second kappa shape index (κ2) is 4.04. The molecule has 0 aliphatic rings. The van der Waals surface area contributed by atoms with Crippen LogP contribution in [0.4, 0.5) is 0 Å². The lowest BCUT2D eigenvalue weighted by Gasteiger charge is -2.02. The molecule has 0 aromatic carbocycles. The number of hydrogen-bond donors (Lipinski definition) is 1. The monoisotopic (exact) mass is 198 g/mol. The van der Waals surface area contributed by atoms with Gasteiger partial charge in [-0.3, -0.25) is 4.79 Å². The van der Waals surface area contributed by atoms with Gasteiger partial charge >= 0.3 is 0 Å². The fraction of sp³-hybridized carbons (Fsp3) is 0.250. The van der Waals surface area contributed by atoms with E-state index in [1.165, 1.54) is 11.3 Å². The van der Waals surface area contributed by atoms with E-state index in [1.807, 2.05) is 6.92 Å². The lowest BCUT2D eigenvalue weighted by molar-refractivity contribution is -0.303. The minimum atomic E-state index is -1.29. The van der Waals surface area contributed by atoms with Crippen LogP contribution in [0.3, 0.4) is 0 Å². The average Bonchev–Trinajstić information content (AvgIpc) is 2.47. The van der Waals surface area contributed by atoms with Crippen molar-refractivity contribution in [2.24, 2.45) is 0 Å². The third-order valence-electron chi connectivity index (χ3n) is 1.36. The second-order valence-electron chi connectivity index (χ2n) is 2.46. The van der Waals surface area contributed by atoms with Crippen molar-refractivity contribution in [3.8, 4) is 0 Å². The van der Waals surface area contributed by atoms with Crippen molar-refractivity contribution in [1.82, 2.24) is 5.32 Å². The van der Waals surface area contributed by atoms with Crippen LogP contribution >= 0.6 is 11.3 Å². The molecule has 5 heteroatoms. The molecule has 0 bridgehead atoms. The minimum absolute atomic E-state index is 0.373. The summed E-state index contributed by atoms with van der Waals surface area (Å²) in [6.07, 6.45) is 0. The van der Waals surface area contributed by atoms with E-state index in [1.54, 1.807) is 12.1 Å². The van der Waals surface area contributed by atoms with Crippen molar-refractivity contribution in [3.05, 3.63) is 21.9 Å². The summed E-state index contributed by atoms with van der Waals surface area (Å²) in [5, 5.41) is 12.2. The Balaban J connectivity index is 2.54. The third kappa shape index (κ3) is 2.87. The number of nitrogens with one attached hydrogen (secondary N) is 1. The molecule has 1 amide bonds. The molecule has 0 fully saturated rings. The summed E-state index contributed by atoms with van der Waals surface area (Å²) >= 11 is 1.32. The maximum Gasteiger partial charge on any atom is 0.261 e. The number of aliphatic carboxylic acids is 1. The predicted octanol–water partition coefficient (Wildman–Crippen LogP) is -0.464. The van der Waals surface area contributed by atoms with Gasteiger partial charge in [0.15, 0.2) is 0 Å². The maximum atomic E-state index is 11.2. The molecule has 1 aromatic rings. The Morgan fingerprint density at radius 2 is 2.23 bits per heavy atom. The Morgan fingerprint density at radius 3 is 2.69 bits per heavy atom. The molecule has 0 aliphatic carbocycles. The van der Waals surface area contributed by atoms with Crippen LogP contribution < -0.4 is 10.4 Å². The molecular weight excluding hydrogens is 190 g/mol. The summed E-state index contributed by atoms with van der Waals surface area (Å²) in [4.78, 5) is 22.7. The normalized spacial score (nSPS) is 9.62. The van der Waals surface area contributed by atoms with Crippen molar-refractivity contribution in [1.29, 1.82) is 0 Å². The van der Waals surface area contributed by atoms with E-state index in [9.17, 15) is 14.7 Å². The van der Waals surface area contributed by atoms with Gasteiger partial charge in [-0.15, -0.1) is 11.3 Å². The Morgan fingerprint density at radius 1 is 1.54 bits per heavy atom. The van der Waals surface area contributed by atoms with Gasteiger partial charge in [0, 0.05) is 4.88 Å². The molecule has 1 rings (SSSR count). The number of carbonyl (C=O) groups excluding carboxylic acids is 2. The Bertz CT molecular complexity index is 332. The molecule has 0 atom stereocenters. The Kier molecular flexibility index (Phi) is 3.02. The largest absolute Gasteiger partial charge is 0.548 e. The maximum absolute atomic E-state index is 11.2. The number of carbonyl (C=O) groups is 2. The van der Waals surface area contributed by atoms with Gasteiger partial charge < -0.3 is 15.2 Å². The molecule has 0 saturated heterocycles. The molecule has 0 saturated carbocycles. The summed E-state index contributed by atoms with van der Waals surface area (Å²) < 4.78 is 0. The highest BCUT2D eigenvalue weighted by molar-refractivity contribution is 7.13. The highest BCUT2D eigenvalue weighted by Gasteiger charge is 2.06. The van der Waals surface area contributed by atoms with Gasteiger partial charge in [0.1, 0.15) is 0 Å². The van der Waals surface area contributed by atoms with Gasteiger partial charge in [0.2, 0.25) is 0 Å².